The molecule has 2 N–H and O–H groups in total. The number of benzene rings is 3. The fourth-order valence-electron chi connectivity index (χ4n) is 4.81. The number of carbonyl (C=O) groups is 1. The third-order valence-corrected chi connectivity index (χ3v) is 6.97. The summed E-state index contributed by atoms with van der Waals surface area (Å²) in [5, 5.41) is 11.2. The first-order valence-electron chi connectivity index (χ1n) is 13.3. The van der Waals surface area contributed by atoms with Gasteiger partial charge in [-0.25, -0.2) is 14.8 Å². The molecule has 1 aliphatic heterocycles. The Balaban J connectivity index is 1.26. The Morgan fingerprint density at radius 1 is 0.905 bits per heavy atom. The van der Waals surface area contributed by atoms with E-state index >= 15 is 0 Å². The van der Waals surface area contributed by atoms with Gasteiger partial charge in [-0.05, 0) is 23.8 Å². The van der Waals surface area contributed by atoms with Gasteiger partial charge in [-0.2, -0.15) is 18.3 Å². The van der Waals surface area contributed by atoms with E-state index in [2.05, 4.69) is 25.5 Å². The van der Waals surface area contributed by atoms with Gasteiger partial charge in [0.05, 0.1) is 11.1 Å². The molecule has 0 aliphatic carbocycles. The van der Waals surface area contributed by atoms with Crippen LogP contribution in [0.15, 0.2) is 84.9 Å². The molecule has 0 atom stereocenters. The van der Waals surface area contributed by atoms with Gasteiger partial charge in [0.25, 0.3) is 0 Å². The van der Waals surface area contributed by atoms with Crippen molar-refractivity contribution in [2.24, 2.45) is 0 Å². The summed E-state index contributed by atoms with van der Waals surface area (Å²) in [6.07, 6.45) is -5.01. The van der Waals surface area contributed by atoms with Gasteiger partial charge in [0.15, 0.2) is 11.6 Å². The van der Waals surface area contributed by atoms with E-state index in [1.807, 2.05) is 59.5 Å². The van der Waals surface area contributed by atoms with E-state index in [0.29, 0.717) is 37.8 Å². The van der Waals surface area contributed by atoms with Gasteiger partial charge in [0, 0.05) is 43.2 Å². The second-order valence-electron chi connectivity index (χ2n) is 9.74. The number of hydrogen-bond acceptors (Lipinski definition) is 7. The number of alkyl halides is 3. The number of aromatic amines is 1. The van der Waals surface area contributed by atoms with Crippen LogP contribution in [0.3, 0.4) is 0 Å². The molecule has 0 unspecified atom stereocenters. The third kappa shape index (κ3) is 5.82. The van der Waals surface area contributed by atoms with Gasteiger partial charge >= 0.3 is 12.3 Å². The van der Waals surface area contributed by atoms with E-state index in [1.165, 1.54) is 18.2 Å². The second-order valence-corrected chi connectivity index (χ2v) is 9.74. The summed E-state index contributed by atoms with van der Waals surface area (Å²) >= 11 is 0. The Kier molecular flexibility index (Phi) is 7.34. The van der Waals surface area contributed by atoms with Crippen LogP contribution in [0.2, 0.25) is 0 Å². The minimum Gasteiger partial charge on any atom is -0.445 e. The summed E-state index contributed by atoms with van der Waals surface area (Å²) in [6, 6.07) is 23.8. The summed E-state index contributed by atoms with van der Waals surface area (Å²) in [4.78, 5) is 25.2. The van der Waals surface area contributed by atoms with Crippen molar-refractivity contribution in [1.82, 2.24) is 25.1 Å². The number of piperazine rings is 1. The van der Waals surface area contributed by atoms with Gasteiger partial charge in [-0.3, -0.25) is 5.10 Å². The Labute approximate surface area is 239 Å². The molecule has 9 nitrogen and oxygen atoms in total. The maximum atomic E-state index is 13.9. The summed E-state index contributed by atoms with van der Waals surface area (Å²) in [7, 11) is 0. The number of halogens is 3. The predicted molar refractivity (Wildman–Crippen MR) is 152 cm³/mol. The summed E-state index contributed by atoms with van der Waals surface area (Å²) < 4.78 is 47.2. The Hall–Kier alpha value is -5.13. The second kappa shape index (κ2) is 11.4. The minimum atomic E-state index is -4.59. The number of para-hydroxylation sites is 1. The lowest BCUT2D eigenvalue weighted by Crippen LogP contribution is -2.49. The Morgan fingerprint density at radius 3 is 2.40 bits per heavy atom. The number of carbonyl (C=O) groups excluding carboxylic acids is 1. The fourth-order valence-corrected chi connectivity index (χ4v) is 4.81. The van der Waals surface area contributed by atoms with Crippen LogP contribution >= 0.6 is 0 Å². The standard InChI is InChI=1S/C30H26F3N7O2/c31-30(32,33)23-12-6-4-10-21(23)27-34-25(35-28-22-11-5-7-13-24(22)37-38-28)18-26(36-27)39-14-16-40(17-15-39)29(41)42-19-20-8-2-1-3-9-20/h1-13,18H,14-17,19H2,(H2,34,35,36,37,38). The van der Waals surface area contributed by atoms with E-state index in [1.54, 1.807) is 11.0 Å². The lowest BCUT2D eigenvalue weighted by molar-refractivity contribution is -0.137. The van der Waals surface area contributed by atoms with Gasteiger partial charge in [0.1, 0.15) is 18.2 Å². The average molecular weight is 574 g/mol. The monoisotopic (exact) mass is 573 g/mol. The lowest BCUT2D eigenvalue weighted by Gasteiger charge is -2.35. The maximum absolute atomic E-state index is 13.9. The van der Waals surface area contributed by atoms with Gasteiger partial charge in [-0.1, -0.05) is 60.7 Å². The molecule has 3 aromatic carbocycles. The van der Waals surface area contributed by atoms with Crippen LogP contribution in [0.1, 0.15) is 11.1 Å². The molecular formula is C30H26F3N7O2. The quantitative estimate of drug-likeness (QED) is 0.248. The number of rotatable bonds is 6. The van der Waals surface area contributed by atoms with Crippen LogP contribution < -0.4 is 10.2 Å². The average Bonchev–Trinajstić information content (AvgIpc) is 3.42. The molecule has 1 amide bonds. The predicted octanol–water partition coefficient (Wildman–Crippen LogP) is 6.24. The highest BCUT2D eigenvalue weighted by molar-refractivity contribution is 5.91. The van der Waals surface area contributed by atoms with Crippen LogP contribution in [0, 0.1) is 0 Å². The van der Waals surface area contributed by atoms with E-state index in [0.717, 1.165) is 22.5 Å². The fraction of sp³-hybridized carbons (Fsp3) is 0.200. The number of amides is 1. The number of nitrogens with one attached hydrogen (secondary N) is 2. The van der Waals surface area contributed by atoms with Crippen molar-refractivity contribution in [3.63, 3.8) is 0 Å². The number of aromatic nitrogens is 4. The van der Waals surface area contributed by atoms with Crippen LogP contribution in [0.5, 0.6) is 0 Å². The Morgan fingerprint density at radius 2 is 1.62 bits per heavy atom. The first kappa shape index (κ1) is 27.1. The molecule has 1 fully saturated rings. The van der Waals surface area contributed by atoms with Gasteiger partial charge in [-0.15, -0.1) is 0 Å². The zero-order valence-corrected chi connectivity index (χ0v) is 22.3. The summed E-state index contributed by atoms with van der Waals surface area (Å²) in [5.74, 6) is 1.12. The van der Waals surface area contributed by atoms with E-state index in [-0.39, 0.29) is 23.8 Å². The zero-order chi connectivity index (χ0) is 29.1. The maximum Gasteiger partial charge on any atom is 0.417 e. The molecule has 2 aromatic heterocycles. The number of fused-ring (bicyclic) bond motifs is 1. The zero-order valence-electron chi connectivity index (χ0n) is 22.3. The molecular weight excluding hydrogens is 547 g/mol. The largest absolute Gasteiger partial charge is 0.445 e. The Bertz CT molecular complexity index is 1700. The van der Waals surface area contributed by atoms with Crippen molar-refractivity contribution in [2.45, 2.75) is 12.8 Å². The van der Waals surface area contributed by atoms with Crippen LogP contribution in [0.4, 0.5) is 35.4 Å². The third-order valence-electron chi connectivity index (χ3n) is 6.97. The molecule has 42 heavy (non-hydrogen) atoms. The smallest absolute Gasteiger partial charge is 0.417 e. The minimum absolute atomic E-state index is 0.0764. The molecule has 5 aromatic rings. The van der Waals surface area contributed by atoms with E-state index in [9.17, 15) is 18.0 Å². The molecule has 0 saturated carbocycles. The summed E-state index contributed by atoms with van der Waals surface area (Å²) in [5.41, 5.74) is 0.725. The van der Waals surface area contributed by atoms with Crippen molar-refractivity contribution in [2.75, 3.05) is 36.4 Å². The van der Waals surface area contributed by atoms with Crippen LogP contribution in [0.25, 0.3) is 22.3 Å². The molecule has 12 heteroatoms. The first-order chi connectivity index (χ1) is 20.3. The van der Waals surface area contributed by atoms with E-state index in [4.69, 9.17) is 4.74 Å². The molecule has 1 saturated heterocycles. The molecule has 0 spiro atoms. The normalized spacial score (nSPS) is 13.8. The SMILES string of the molecule is O=C(OCc1ccccc1)N1CCN(c2cc(Nc3n[nH]c4ccccc34)nc(-c3ccccc3C(F)(F)F)n2)CC1. The lowest BCUT2D eigenvalue weighted by atomic mass is 10.1. The summed E-state index contributed by atoms with van der Waals surface area (Å²) in [6.45, 7) is 1.70. The van der Waals surface area contributed by atoms with Crippen molar-refractivity contribution in [1.29, 1.82) is 0 Å². The topological polar surface area (TPSA) is 99.3 Å². The number of anilines is 3. The van der Waals surface area contributed by atoms with Crippen LogP contribution in [-0.2, 0) is 17.5 Å². The van der Waals surface area contributed by atoms with Crippen molar-refractivity contribution in [3.05, 3.63) is 96.1 Å². The number of H-pyrrole nitrogens is 1. The van der Waals surface area contributed by atoms with Crippen molar-refractivity contribution in [3.8, 4) is 11.4 Å². The molecule has 0 bridgehead atoms. The first-order valence-corrected chi connectivity index (χ1v) is 13.3. The number of ether oxygens (including phenoxy) is 1. The highest BCUT2D eigenvalue weighted by Gasteiger charge is 2.34. The van der Waals surface area contributed by atoms with Crippen molar-refractivity contribution >= 4 is 34.4 Å². The molecule has 1 aliphatic rings. The van der Waals surface area contributed by atoms with Crippen LogP contribution in [-0.4, -0.2) is 57.3 Å². The van der Waals surface area contributed by atoms with Crippen molar-refractivity contribution < 1.29 is 22.7 Å². The van der Waals surface area contributed by atoms with Gasteiger partial charge in [0.2, 0.25) is 0 Å². The molecule has 0 radical (unpaired) electrons. The highest BCUT2D eigenvalue weighted by Crippen LogP contribution is 2.37. The molecule has 3 heterocycles. The molecule has 6 rings (SSSR count). The number of nitrogens with zero attached hydrogens (tertiary/aromatic N) is 5. The highest BCUT2D eigenvalue weighted by atomic mass is 19.4. The van der Waals surface area contributed by atoms with Gasteiger partial charge < -0.3 is 19.9 Å². The molecule has 214 valence electrons. The van der Waals surface area contributed by atoms with E-state index < -0.39 is 17.8 Å². The number of hydrogen-bond donors (Lipinski definition) is 2.